The van der Waals surface area contributed by atoms with E-state index < -0.39 is 33.1 Å². The predicted molar refractivity (Wildman–Crippen MR) is 92.2 cm³/mol. The van der Waals surface area contributed by atoms with E-state index in [1.54, 1.807) is 25.2 Å². The van der Waals surface area contributed by atoms with Crippen LogP contribution in [0.1, 0.15) is 40.5 Å². The zero-order chi connectivity index (χ0) is 18.5. The maximum absolute atomic E-state index is 12.4. The first-order valence-electron chi connectivity index (χ1n) is 8.15. The third-order valence-electron chi connectivity index (χ3n) is 4.57. The van der Waals surface area contributed by atoms with Crippen LogP contribution in [0.5, 0.6) is 0 Å². The summed E-state index contributed by atoms with van der Waals surface area (Å²) in [4.78, 5) is 23.7. The van der Waals surface area contributed by atoms with E-state index in [9.17, 15) is 18.0 Å². The summed E-state index contributed by atoms with van der Waals surface area (Å²) in [5, 5.41) is -0.0825. The zero-order valence-electron chi connectivity index (χ0n) is 14.9. The van der Waals surface area contributed by atoms with Gasteiger partial charge in [0.2, 0.25) is 0 Å². The number of hydroxylamine groups is 2. The fourth-order valence-corrected chi connectivity index (χ4v) is 3.74. The van der Waals surface area contributed by atoms with Crippen LogP contribution >= 0.6 is 0 Å². The van der Waals surface area contributed by atoms with Crippen LogP contribution in [0.4, 0.5) is 0 Å². The zero-order valence-corrected chi connectivity index (χ0v) is 15.7. The molecule has 24 heavy (non-hydrogen) atoms. The number of hydrogen-bond donors (Lipinski definition) is 0. The molecule has 0 saturated carbocycles. The Bertz CT molecular complexity index is 623. The van der Waals surface area contributed by atoms with E-state index in [4.69, 9.17) is 4.28 Å². The molecule has 0 aromatic carbocycles. The standard InChI is InChI=1S/C17H27NO5S/c1-6-13(3)16(11-19)14(4)17(20)18(5)23-24(21,22)15-9-7-12(2)8-10-15/h7-9,11,13-16H,6,10H2,1-5H3. The highest BCUT2D eigenvalue weighted by atomic mass is 32.2. The molecule has 1 amide bonds. The minimum atomic E-state index is -3.96. The summed E-state index contributed by atoms with van der Waals surface area (Å²) in [6.45, 7) is 7.33. The van der Waals surface area contributed by atoms with Gasteiger partial charge in [-0.1, -0.05) is 51.0 Å². The minimum Gasteiger partial charge on any atom is -0.303 e. The maximum atomic E-state index is 12.4. The second kappa shape index (κ2) is 8.58. The molecule has 0 aromatic heterocycles. The van der Waals surface area contributed by atoms with E-state index in [0.29, 0.717) is 6.42 Å². The first-order chi connectivity index (χ1) is 11.1. The first-order valence-corrected chi connectivity index (χ1v) is 9.62. The summed E-state index contributed by atoms with van der Waals surface area (Å²) >= 11 is 0. The lowest BCUT2D eigenvalue weighted by Gasteiger charge is -2.27. The van der Waals surface area contributed by atoms with Gasteiger partial charge in [0, 0.05) is 18.9 Å². The number of amides is 1. The molecule has 1 rings (SSSR count). The van der Waals surface area contributed by atoms with Crippen molar-refractivity contribution in [2.75, 3.05) is 7.05 Å². The van der Waals surface area contributed by atoms with E-state index in [1.807, 2.05) is 20.8 Å². The third kappa shape index (κ3) is 5.01. The van der Waals surface area contributed by atoms with Crippen molar-refractivity contribution in [3.63, 3.8) is 0 Å². The van der Waals surface area contributed by atoms with Crippen molar-refractivity contribution in [2.24, 2.45) is 17.8 Å². The van der Waals surface area contributed by atoms with Gasteiger partial charge in [-0.05, 0) is 19.3 Å². The molecule has 1 aliphatic carbocycles. The quantitative estimate of drug-likeness (QED) is 0.492. The van der Waals surface area contributed by atoms with Crippen LogP contribution in [0.2, 0.25) is 0 Å². The van der Waals surface area contributed by atoms with Crippen LogP contribution in [-0.2, 0) is 24.0 Å². The van der Waals surface area contributed by atoms with Crippen LogP contribution in [0.15, 0.2) is 23.8 Å². The Kier molecular flexibility index (Phi) is 7.35. The Morgan fingerprint density at radius 3 is 2.54 bits per heavy atom. The number of nitrogens with zero attached hydrogens (tertiary/aromatic N) is 1. The maximum Gasteiger partial charge on any atom is 0.294 e. The van der Waals surface area contributed by atoms with Gasteiger partial charge in [-0.15, -0.1) is 4.28 Å². The van der Waals surface area contributed by atoms with Gasteiger partial charge in [0.15, 0.2) is 0 Å². The molecular formula is C17H27NO5S. The summed E-state index contributed by atoms with van der Waals surface area (Å²) < 4.78 is 29.5. The molecule has 0 aromatic rings. The summed E-state index contributed by atoms with van der Waals surface area (Å²) in [7, 11) is -2.69. The van der Waals surface area contributed by atoms with E-state index in [-0.39, 0.29) is 5.92 Å². The average Bonchev–Trinajstić information content (AvgIpc) is 2.54. The van der Waals surface area contributed by atoms with Crippen LogP contribution in [0.25, 0.3) is 0 Å². The fourth-order valence-electron chi connectivity index (χ4n) is 2.64. The number of rotatable bonds is 8. The van der Waals surface area contributed by atoms with Crippen molar-refractivity contribution in [1.29, 1.82) is 0 Å². The second-order valence-corrected chi connectivity index (χ2v) is 8.11. The van der Waals surface area contributed by atoms with Gasteiger partial charge in [0.05, 0.1) is 0 Å². The Balaban J connectivity index is 2.79. The molecule has 0 saturated heterocycles. The van der Waals surface area contributed by atoms with Crippen LogP contribution in [-0.4, -0.2) is 38.0 Å². The number of aldehydes is 1. The summed E-state index contributed by atoms with van der Waals surface area (Å²) in [6.07, 6.45) is 6.90. The lowest BCUT2D eigenvalue weighted by molar-refractivity contribution is -0.159. The van der Waals surface area contributed by atoms with Gasteiger partial charge in [-0.2, -0.15) is 8.42 Å². The van der Waals surface area contributed by atoms with E-state index in [1.165, 1.54) is 7.05 Å². The molecule has 4 atom stereocenters. The third-order valence-corrected chi connectivity index (χ3v) is 6.09. The van der Waals surface area contributed by atoms with Crippen molar-refractivity contribution in [3.8, 4) is 0 Å². The van der Waals surface area contributed by atoms with Crippen molar-refractivity contribution in [1.82, 2.24) is 5.06 Å². The van der Waals surface area contributed by atoms with Gasteiger partial charge < -0.3 is 4.79 Å². The highest BCUT2D eigenvalue weighted by molar-refractivity contribution is 7.87. The van der Waals surface area contributed by atoms with Gasteiger partial charge >= 0.3 is 0 Å². The molecule has 0 heterocycles. The Labute approximate surface area is 144 Å². The average molecular weight is 357 g/mol. The minimum absolute atomic E-state index is 0.0286. The van der Waals surface area contributed by atoms with Gasteiger partial charge in [0.1, 0.15) is 11.5 Å². The van der Waals surface area contributed by atoms with Gasteiger partial charge in [-0.25, -0.2) is 5.06 Å². The molecule has 0 fully saturated rings. The molecule has 0 N–H and O–H groups in total. The number of carbonyl (C=O) groups is 2. The topological polar surface area (TPSA) is 80.8 Å². The molecule has 1 aliphatic rings. The molecule has 0 spiro atoms. The van der Waals surface area contributed by atoms with E-state index in [2.05, 4.69) is 0 Å². The molecule has 0 aliphatic heterocycles. The van der Waals surface area contributed by atoms with Crippen LogP contribution in [0.3, 0.4) is 0 Å². The smallest absolute Gasteiger partial charge is 0.294 e. The van der Waals surface area contributed by atoms with Crippen LogP contribution < -0.4 is 0 Å². The number of allylic oxidation sites excluding steroid dienone is 3. The predicted octanol–water partition coefficient (Wildman–Crippen LogP) is 2.48. The lowest BCUT2D eigenvalue weighted by atomic mass is 9.82. The number of carbonyl (C=O) groups excluding carboxylic acids is 2. The summed E-state index contributed by atoms with van der Waals surface area (Å²) in [5.74, 6) is -1.62. The first kappa shape index (κ1) is 20.6. The molecule has 0 bridgehead atoms. The largest absolute Gasteiger partial charge is 0.303 e. The molecule has 4 unspecified atom stereocenters. The molecule has 6 nitrogen and oxygen atoms in total. The summed E-state index contributed by atoms with van der Waals surface area (Å²) in [6, 6.07) is 0. The SMILES string of the molecule is CCC(C)C(C=O)C(C)C(=O)N(C)OS(=O)(=O)C1C=CC(C)=CC1. The van der Waals surface area contributed by atoms with Crippen molar-refractivity contribution in [3.05, 3.63) is 23.8 Å². The molecular weight excluding hydrogens is 330 g/mol. The molecule has 0 radical (unpaired) electrons. The van der Waals surface area contributed by atoms with Crippen LogP contribution in [0, 0.1) is 17.8 Å². The van der Waals surface area contributed by atoms with Gasteiger partial charge in [0.25, 0.3) is 16.0 Å². The fraction of sp³-hybridized carbons (Fsp3) is 0.647. The van der Waals surface area contributed by atoms with Crippen molar-refractivity contribution >= 4 is 22.3 Å². The Hall–Kier alpha value is -1.47. The van der Waals surface area contributed by atoms with Crippen molar-refractivity contribution < 1.29 is 22.3 Å². The highest BCUT2D eigenvalue weighted by Crippen LogP contribution is 2.25. The lowest BCUT2D eigenvalue weighted by Crippen LogP contribution is -2.40. The Morgan fingerprint density at radius 2 is 2.08 bits per heavy atom. The molecule has 7 heteroatoms. The van der Waals surface area contributed by atoms with E-state index in [0.717, 1.165) is 23.3 Å². The number of hydrogen-bond acceptors (Lipinski definition) is 5. The highest BCUT2D eigenvalue weighted by Gasteiger charge is 2.34. The monoisotopic (exact) mass is 357 g/mol. The van der Waals surface area contributed by atoms with Gasteiger partial charge in [-0.3, -0.25) is 4.79 Å². The Morgan fingerprint density at radius 1 is 1.46 bits per heavy atom. The second-order valence-electron chi connectivity index (χ2n) is 6.37. The summed E-state index contributed by atoms with van der Waals surface area (Å²) in [5.41, 5.74) is 0.988. The normalized spacial score (nSPS) is 21.5. The molecule has 136 valence electrons. The van der Waals surface area contributed by atoms with Crippen molar-refractivity contribution in [2.45, 2.75) is 45.8 Å². The van der Waals surface area contributed by atoms with E-state index >= 15 is 0 Å².